The van der Waals surface area contributed by atoms with Gasteiger partial charge in [-0.25, -0.2) is 4.39 Å². The van der Waals surface area contributed by atoms with E-state index in [9.17, 15) is 9.18 Å². The van der Waals surface area contributed by atoms with Gasteiger partial charge >= 0.3 is 0 Å². The molecule has 0 fully saturated rings. The molecule has 1 aliphatic heterocycles. The number of aromatic nitrogens is 2. The van der Waals surface area contributed by atoms with E-state index in [1.165, 1.54) is 12.1 Å². The average molecular weight is 365 g/mol. The van der Waals surface area contributed by atoms with Gasteiger partial charge in [-0.05, 0) is 35.4 Å². The van der Waals surface area contributed by atoms with Gasteiger partial charge in [0.2, 0.25) is 5.91 Å². The Labute approximate surface area is 157 Å². The van der Waals surface area contributed by atoms with Gasteiger partial charge in [-0.2, -0.15) is 5.10 Å². The first-order valence-corrected chi connectivity index (χ1v) is 8.85. The van der Waals surface area contributed by atoms with E-state index in [-0.39, 0.29) is 11.7 Å². The topological polar surface area (TPSA) is 47.4 Å². The number of carbonyl (C=O) groups excluding carboxylic acids is 1. The highest BCUT2D eigenvalue weighted by Gasteiger charge is 2.24. The molecule has 0 N–H and O–H groups in total. The normalized spacial score (nSPS) is 13.3. The zero-order chi connectivity index (χ0) is 18.8. The van der Waals surface area contributed by atoms with Crippen LogP contribution in [-0.2, 0) is 24.3 Å². The van der Waals surface area contributed by atoms with Crippen LogP contribution in [0.25, 0.3) is 11.1 Å². The predicted octanol–water partition coefficient (Wildman–Crippen LogP) is 3.28. The van der Waals surface area contributed by atoms with Crippen LogP contribution in [0.2, 0.25) is 0 Å². The highest BCUT2D eigenvalue weighted by Crippen LogP contribution is 2.27. The zero-order valence-electron chi connectivity index (χ0n) is 15.1. The quantitative estimate of drug-likeness (QED) is 0.713. The lowest BCUT2D eigenvalue weighted by atomic mass is 10.0. The lowest BCUT2D eigenvalue weighted by Crippen LogP contribution is -2.39. The minimum absolute atomic E-state index is 0.0701. The molecule has 6 heteroatoms. The van der Waals surface area contributed by atoms with E-state index in [0.717, 1.165) is 28.1 Å². The van der Waals surface area contributed by atoms with Crippen LogP contribution in [-0.4, -0.2) is 34.2 Å². The van der Waals surface area contributed by atoms with Crippen molar-refractivity contribution >= 4 is 5.91 Å². The average Bonchev–Trinajstić information content (AvgIpc) is 3.12. The summed E-state index contributed by atoms with van der Waals surface area (Å²) in [6.45, 7) is 1.77. The lowest BCUT2D eigenvalue weighted by molar-refractivity contribution is -0.131. The minimum Gasteiger partial charge on any atom is -0.497 e. The summed E-state index contributed by atoms with van der Waals surface area (Å²) in [5.41, 5.74) is 3.75. The van der Waals surface area contributed by atoms with E-state index >= 15 is 0 Å². The molecule has 27 heavy (non-hydrogen) atoms. The molecule has 2 heterocycles. The molecule has 1 amide bonds. The van der Waals surface area contributed by atoms with Crippen molar-refractivity contribution in [2.24, 2.45) is 0 Å². The van der Waals surface area contributed by atoms with Crippen molar-refractivity contribution in [1.82, 2.24) is 14.7 Å². The molecule has 138 valence electrons. The number of amides is 1. The fourth-order valence-electron chi connectivity index (χ4n) is 3.40. The van der Waals surface area contributed by atoms with Crippen LogP contribution >= 0.6 is 0 Å². The van der Waals surface area contributed by atoms with Crippen molar-refractivity contribution in [3.63, 3.8) is 0 Å². The molecule has 0 spiro atoms. The molecule has 0 saturated carbocycles. The second-order valence-electron chi connectivity index (χ2n) is 6.58. The van der Waals surface area contributed by atoms with Crippen LogP contribution < -0.4 is 4.74 Å². The van der Waals surface area contributed by atoms with E-state index in [4.69, 9.17) is 4.74 Å². The number of benzene rings is 2. The van der Waals surface area contributed by atoms with E-state index in [1.807, 2.05) is 33.8 Å². The monoisotopic (exact) mass is 365 g/mol. The number of rotatable bonds is 4. The second-order valence-corrected chi connectivity index (χ2v) is 6.58. The van der Waals surface area contributed by atoms with Crippen molar-refractivity contribution in [3.05, 3.63) is 71.8 Å². The Morgan fingerprint density at radius 2 is 2.00 bits per heavy atom. The summed E-state index contributed by atoms with van der Waals surface area (Å²) in [7, 11) is 1.61. The molecule has 0 unspecified atom stereocenters. The summed E-state index contributed by atoms with van der Waals surface area (Å²) < 4.78 is 20.4. The summed E-state index contributed by atoms with van der Waals surface area (Å²) >= 11 is 0. The van der Waals surface area contributed by atoms with Crippen LogP contribution in [0.15, 0.2) is 54.7 Å². The fourth-order valence-corrected chi connectivity index (χ4v) is 3.40. The Morgan fingerprint density at radius 1 is 1.19 bits per heavy atom. The Hall–Kier alpha value is -3.15. The van der Waals surface area contributed by atoms with Crippen molar-refractivity contribution in [2.45, 2.75) is 19.5 Å². The fraction of sp³-hybridized carbons (Fsp3) is 0.238. The third-order valence-corrected chi connectivity index (χ3v) is 4.87. The highest BCUT2D eigenvalue weighted by atomic mass is 19.1. The number of hydrogen-bond donors (Lipinski definition) is 0. The molecule has 1 aliphatic rings. The van der Waals surface area contributed by atoms with Crippen LogP contribution in [0, 0.1) is 5.82 Å². The van der Waals surface area contributed by atoms with Gasteiger partial charge in [-0.15, -0.1) is 0 Å². The molecule has 5 nitrogen and oxygen atoms in total. The molecule has 0 aliphatic carbocycles. The van der Waals surface area contributed by atoms with E-state index in [0.29, 0.717) is 26.1 Å². The molecular formula is C21H20FN3O2. The molecule has 1 aromatic heterocycles. The zero-order valence-corrected chi connectivity index (χ0v) is 15.1. The first kappa shape index (κ1) is 17.3. The van der Waals surface area contributed by atoms with Gasteiger partial charge in [0.25, 0.3) is 0 Å². The standard InChI is InChI=1S/C21H20FN3O2/c1-27-18-4-2-3-15(11-18)12-21(26)24-9-10-25-20(14-24)19(13-23-25)16-5-7-17(22)8-6-16/h2-8,11,13H,9-10,12,14H2,1H3. The van der Waals surface area contributed by atoms with Crippen molar-refractivity contribution in [3.8, 4) is 16.9 Å². The van der Waals surface area contributed by atoms with E-state index in [2.05, 4.69) is 5.10 Å². The Bertz CT molecular complexity index is 966. The van der Waals surface area contributed by atoms with E-state index < -0.39 is 0 Å². The van der Waals surface area contributed by atoms with E-state index in [1.54, 1.807) is 25.4 Å². The number of carbonyl (C=O) groups is 1. The number of nitrogens with zero attached hydrogens (tertiary/aromatic N) is 3. The third-order valence-electron chi connectivity index (χ3n) is 4.87. The van der Waals surface area contributed by atoms with Gasteiger partial charge in [0.05, 0.1) is 38.5 Å². The largest absolute Gasteiger partial charge is 0.497 e. The predicted molar refractivity (Wildman–Crippen MR) is 99.7 cm³/mol. The number of methoxy groups -OCH3 is 1. The highest BCUT2D eigenvalue weighted by molar-refractivity contribution is 5.79. The summed E-state index contributed by atoms with van der Waals surface area (Å²) in [4.78, 5) is 14.6. The van der Waals surface area contributed by atoms with Gasteiger partial charge in [0.15, 0.2) is 0 Å². The summed E-state index contributed by atoms with van der Waals surface area (Å²) in [6.07, 6.45) is 2.12. The second kappa shape index (κ2) is 7.23. The van der Waals surface area contributed by atoms with Gasteiger partial charge in [-0.1, -0.05) is 24.3 Å². The summed E-state index contributed by atoms with van der Waals surface area (Å²) in [5.74, 6) is 0.547. The van der Waals surface area contributed by atoms with Gasteiger partial charge in [0.1, 0.15) is 11.6 Å². The number of hydrogen-bond acceptors (Lipinski definition) is 3. The number of halogens is 1. The van der Waals surface area contributed by atoms with Gasteiger partial charge < -0.3 is 9.64 Å². The first-order chi connectivity index (χ1) is 13.1. The third kappa shape index (κ3) is 3.56. The van der Waals surface area contributed by atoms with Crippen molar-refractivity contribution in [1.29, 1.82) is 0 Å². The summed E-state index contributed by atoms with van der Waals surface area (Å²) in [6, 6.07) is 13.9. The molecule has 4 rings (SSSR count). The van der Waals surface area contributed by atoms with Gasteiger partial charge in [-0.3, -0.25) is 9.48 Å². The number of ether oxygens (including phenoxy) is 1. The maximum atomic E-state index is 13.2. The Kier molecular flexibility index (Phi) is 4.62. The molecule has 0 radical (unpaired) electrons. The number of fused-ring (bicyclic) bond motifs is 1. The lowest BCUT2D eigenvalue weighted by Gasteiger charge is -2.28. The Morgan fingerprint density at radius 3 is 2.78 bits per heavy atom. The van der Waals surface area contributed by atoms with Crippen LogP contribution in [0.4, 0.5) is 4.39 Å². The van der Waals surface area contributed by atoms with Crippen LogP contribution in [0.1, 0.15) is 11.3 Å². The Balaban J connectivity index is 1.53. The minimum atomic E-state index is -0.269. The van der Waals surface area contributed by atoms with Crippen LogP contribution in [0.3, 0.4) is 0 Å². The van der Waals surface area contributed by atoms with Crippen molar-refractivity contribution < 1.29 is 13.9 Å². The first-order valence-electron chi connectivity index (χ1n) is 8.85. The maximum Gasteiger partial charge on any atom is 0.227 e. The summed E-state index contributed by atoms with van der Waals surface area (Å²) in [5, 5.41) is 4.42. The molecule has 0 bridgehead atoms. The van der Waals surface area contributed by atoms with Crippen LogP contribution in [0.5, 0.6) is 5.75 Å². The molecule has 2 aromatic carbocycles. The SMILES string of the molecule is COc1cccc(CC(=O)N2CCn3ncc(-c4ccc(F)cc4)c3C2)c1. The maximum absolute atomic E-state index is 13.2. The molecule has 0 atom stereocenters. The van der Waals surface area contributed by atoms with Gasteiger partial charge in [0, 0.05) is 12.1 Å². The molecular weight excluding hydrogens is 345 g/mol. The smallest absolute Gasteiger partial charge is 0.227 e. The van der Waals surface area contributed by atoms with Crippen molar-refractivity contribution in [2.75, 3.05) is 13.7 Å². The molecule has 0 saturated heterocycles. The molecule has 3 aromatic rings.